The lowest BCUT2D eigenvalue weighted by Gasteiger charge is -2.19. The summed E-state index contributed by atoms with van der Waals surface area (Å²) in [5, 5.41) is 0. The molecule has 0 unspecified atom stereocenters. The summed E-state index contributed by atoms with van der Waals surface area (Å²) >= 11 is 0. The maximum absolute atomic E-state index is 13.1. The van der Waals surface area contributed by atoms with Gasteiger partial charge in [-0.15, -0.1) is 0 Å². The average molecular weight is 448 g/mol. The maximum Gasteiger partial charge on any atom is 0.251 e. The van der Waals surface area contributed by atoms with Crippen LogP contribution >= 0.6 is 0 Å². The number of aromatic nitrogens is 2. The third kappa shape index (κ3) is 5.08. The number of carbonyl (C=O) groups excluding carboxylic acids is 1. The van der Waals surface area contributed by atoms with Crippen molar-refractivity contribution in [1.82, 2.24) is 14.9 Å². The molecule has 1 fully saturated rings. The molecule has 33 heavy (non-hydrogen) atoms. The third-order valence-corrected chi connectivity index (χ3v) is 6.24. The van der Waals surface area contributed by atoms with Crippen LogP contribution in [-0.4, -0.2) is 48.1 Å². The molecule has 0 aliphatic carbocycles. The molecule has 1 amide bonds. The fourth-order valence-electron chi connectivity index (χ4n) is 4.57. The first-order valence-electron chi connectivity index (χ1n) is 11.1. The van der Waals surface area contributed by atoms with Crippen molar-refractivity contribution in [2.45, 2.75) is 31.6 Å². The van der Waals surface area contributed by atoms with E-state index in [0.717, 1.165) is 11.1 Å². The number of nitrogens with zero attached hydrogens (tertiary/aromatic N) is 2. The summed E-state index contributed by atoms with van der Waals surface area (Å²) in [5.74, 6) is 1.85. The Morgan fingerprint density at radius 1 is 1.03 bits per heavy atom. The highest BCUT2D eigenvalue weighted by Crippen LogP contribution is 2.41. The van der Waals surface area contributed by atoms with Crippen LogP contribution < -0.4 is 15.0 Å². The van der Waals surface area contributed by atoms with Gasteiger partial charge in [0.15, 0.2) is 11.5 Å². The molecule has 0 saturated carbocycles. The Balaban J connectivity index is 1.62. The summed E-state index contributed by atoms with van der Waals surface area (Å²) < 4.78 is 10.9. The SMILES string of the molecule is COc1ccc([C@@H]2CN(C(=O)CCc3ccccc3)C[C@H]2c2cc(=O)[nH]c(C)n2)cc1OC. The predicted molar refractivity (Wildman–Crippen MR) is 126 cm³/mol. The van der Waals surface area contributed by atoms with Gasteiger partial charge >= 0.3 is 0 Å². The summed E-state index contributed by atoms with van der Waals surface area (Å²) in [6.07, 6.45) is 1.14. The van der Waals surface area contributed by atoms with Crippen LogP contribution in [0.5, 0.6) is 11.5 Å². The number of carbonyl (C=O) groups is 1. The predicted octanol–water partition coefficient (Wildman–Crippen LogP) is 3.44. The number of nitrogens with one attached hydrogen (secondary N) is 1. The van der Waals surface area contributed by atoms with Gasteiger partial charge in [-0.3, -0.25) is 9.59 Å². The number of amides is 1. The molecule has 4 rings (SSSR count). The fourth-order valence-corrected chi connectivity index (χ4v) is 4.57. The minimum absolute atomic E-state index is 0.0146. The minimum atomic E-state index is -0.183. The lowest BCUT2D eigenvalue weighted by molar-refractivity contribution is -0.130. The monoisotopic (exact) mass is 447 g/mol. The van der Waals surface area contributed by atoms with Crippen molar-refractivity contribution in [2.24, 2.45) is 0 Å². The quantitative estimate of drug-likeness (QED) is 0.600. The topological polar surface area (TPSA) is 84.5 Å². The van der Waals surface area contributed by atoms with Crippen LogP contribution in [0.15, 0.2) is 59.4 Å². The molecule has 172 valence electrons. The average Bonchev–Trinajstić information content (AvgIpc) is 3.28. The van der Waals surface area contributed by atoms with Crippen LogP contribution in [0.4, 0.5) is 0 Å². The van der Waals surface area contributed by atoms with E-state index in [2.05, 4.69) is 9.97 Å². The normalized spacial score (nSPS) is 17.7. The van der Waals surface area contributed by atoms with Gasteiger partial charge in [-0.25, -0.2) is 4.98 Å². The highest BCUT2D eigenvalue weighted by molar-refractivity contribution is 5.77. The fraction of sp³-hybridized carbons (Fsp3) is 0.346. The molecule has 2 heterocycles. The van der Waals surface area contributed by atoms with Crippen molar-refractivity contribution in [2.75, 3.05) is 27.3 Å². The summed E-state index contributed by atoms with van der Waals surface area (Å²) in [7, 11) is 3.21. The van der Waals surface area contributed by atoms with Crippen LogP contribution in [0, 0.1) is 6.92 Å². The standard InChI is InChI=1S/C26H29N3O4/c1-17-27-22(14-25(30)28-17)21-16-29(26(31)12-9-18-7-5-4-6-8-18)15-20(21)19-10-11-23(32-2)24(13-19)33-3/h4-8,10-11,13-14,20-21H,9,12,15-16H2,1-3H3,(H,27,28,30)/t20-,21+/m0/s1. The lowest BCUT2D eigenvalue weighted by atomic mass is 9.86. The molecule has 0 spiro atoms. The van der Waals surface area contributed by atoms with Gasteiger partial charge in [0, 0.05) is 37.4 Å². The number of hydrogen-bond donors (Lipinski definition) is 1. The van der Waals surface area contributed by atoms with Gasteiger partial charge in [-0.1, -0.05) is 36.4 Å². The number of likely N-dealkylation sites (tertiary alicyclic amines) is 1. The summed E-state index contributed by atoms with van der Waals surface area (Å²) in [5.41, 5.74) is 2.69. The van der Waals surface area contributed by atoms with Gasteiger partial charge in [-0.05, 0) is 36.6 Å². The van der Waals surface area contributed by atoms with Crippen molar-refractivity contribution in [3.8, 4) is 11.5 Å². The first kappa shape index (κ1) is 22.6. The first-order chi connectivity index (χ1) is 16.0. The molecule has 1 saturated heterocycles. The molecule has 1 N–H and O–H groups in total. The van der Waals surface area contributed by atoms with Crippen LogP contribution in [0.3, 0.4) is 0 Å². The van der Waals surface area contributed by atoms with E-state index in [0.29, 0.717) is 48.9 Å². The number of methoxy groups -OCH3 is 2. The molecule has 2 atom stereocenters. The van der Waals surface area contributed by atoms with Crippen molar-refractivity contribution in [1.29, 1.82) is 0 Å². The number of ether oxygens (including phenoxy) is 2. The van der Waals surface area contributed by atoms with Crippen LogP contribution in [0.2, 0.25) is 0 Å². The number of aryl methyl sites for hydroxylation is 2. The number of H-pyrrole nitrogens is 1. The Kier molecular flexibility index (Phi) is 6.77. The number of hydrogen-bond acceptors (Lipinski definition) is 5. The summed E-state index contributed by atoms with van der Waals surface area (Å²) in [6.45, 7) is 2.85. The van der Waals surface area contributed by atoms with Gasteiger partial charge in [0.05, 0.1) is 19.9 Å². The van der Waals surface area contributed by atoms with Crippen LogP contribution in [0.25, 0.3) is 0 Å². The van der Waals surface area contributed by atoms with Crippen LogP contribution in [0.1, 0.15) is 40.9 Å². The Bertz CT molecular complexity index is 1180. The summed E-state index contributed by atoms with van der Waals surface area (Å²) in [4.78, 5) is 34.5. The number of benzene rings is 2. The van der Waals surface area contributed by atoms with Crippen molar-refractivity contribution >= 4 is 5.91 Å². The molecule has 7 nitrogen and oxygen atoms in total. The third-order valence-electron chi connectivity index (χ3n) is 6.24. The zero-order valence-electron chi connectivity index (χ0n) is 19.2. The Morgan fingerprint density at radius 2 is 1.76 bits per heavy atom. The minimum Gasteiger partial charge on any atom is -0.493 e. The highest BCUT2D eigenvalue weighted by Gasteiger charge is 2.38. The van der Waals surface area contributed by atoms with Gasteiger partial charge < -0.3 is 19.4 Å². The highest BCUT2D eigenvalue weighted by atomic mass is 16.5. The van der Waals surface area contributed by atoms with E-state index < -0.39 is 0 Å². The Labute approximate surface area is 193 Å². The zero-order valence-corrected chi connectivity index (χ0v) is 19.2. The number of rotatable bonds is 7. The molecular formula is C26H29N3O4. The van der Waals surface area contributed by atoms with Crippen molar-refractivity contribution < 1.29 is 14.3 Å². The van der Waals surface area contributed by atoms with Crippen LogP contribution in [-0.2, 0) is 11.2 Å². The molecular weight excluding hydrogens is 418 g/mol. The van der Waals surface area contributed by atoms with Gasteiger partial charge in [-0.2, -0.15) is 0 Å². The van der Waals surface area contributed by atoms with Crippen molar-refractivity contribution in [3.63, 3.8) is 0 Å². The number of aromatic amines is 1. The molecule has 0 bridgehead atoms. The van der Waals surface area contributed by atoms with E-state index in [4.69, 9.17) is 9.47 Å². The van der Waals surface area contributed by atoms with E-state index >= 15 is 0 Å². The molecule has 1 aliphatic rings. The lowest BCUT2D eigenvalue weighted by Crippen LogP contribution is -2.29. The summed E-state index contributed by atoms with van der Waals surface area (Å²) in [6, 6.07) is 17.4. The van der Waals surface area contributed by atoms with E-state index in [1.807, 2.05) is 53.4 Å². The van der Waals surface area contributed by atoms with E-state index in [1.165, 1.54) is 0 Å². The molecule has 2 aromatic carbocycles. The Hall–Kier alpha value is -3.61. The molecule has 1 aromatic heterocycles. The van der Waals surface area contributed by atoms with Gasteiger partial charge in [0.1, 0.15) is 5.82 Å². The second-order valence-electron chi connectivity index (χ2n) is 8.37. The van der Waals surface area contributed by atoms with E-state index in [-0.39, 0.29) is 23.3 Å². The van der Waals surface area contributed by atoms with Gasteiger partial charge in [0.25, 0.3) is 5.56 Å². The van der Waals surface area contributed by atoms with E-state index in [9.17, 15) is 9.59 Å². The molecule has 7 heteroatoms. The first-order valence-corrected chi connectivity index (χ1v) is 11.1. The molecule has 3 aromatic rings. The van der Waals surface area contributed by atoms with Gasteiger partial charge in [0.2, 0.25) is 5.91 Å². The smallest absolute Gasteiger partial charge is 0.251 e. The Morgan fingerprint density at radius 3 is 2.45 bits per heavy atom. The molecule has 0 radical (unpaired) electrons. The largest absolute Gasteiger partial charge is 0.493 e. The molecule has 1 aliphatic heterocycles. The zero-order chi connectivity index (χ0) is 23.4. The second-order valence-corrected chi connectivity index (χ2v) is 8.37. The second kappa shape index (κ2) is 9.90. The van der Waals surface area contributed by atoms with Crippen molar-refractivity contribution in [3.05, 3.63) is 87.6 Å². The van der Waals surface area contributed by atoms with E-state index in [1.54, 1.807) is 27.2 Å². The maximum atomic E-state index is 13.1.